The maximum Gasteiger partial charge on any atom is 0.0574 e. The van der Waals surface area contributed by atoms with Gasteiger partial charge < -0.3 is 0 Å². The number of hydrogen-bond acceptors (Lipinski definition) is 2. The lowest BCUT2D eigenvalue weighted by atomic mass is 10.5. The molecule has 3 heteroatoms. The normalized spacial score (nSPS) is 12.7. The summed E-state index contributed by atoms with van der Waals surface area (Å²) < 4.78 is 0. The molecular weight excluding hydrogens is 114 g/mol. The molecular formula is C6H13N3. The van der Waals surface area contributed by atoms with Gasteiger partial charge in [0.2, 0.25) is 0 Å². The minimum absolute atomic E-state index is 0.934. The van der Waals surface area contributed by atoms with Crippen LogP contribution in [0.4, 0.5) is 0 Å². The molecule has 0 radical (unpaired) electrons. The van der Waals surface area contributed by atoms with Gasteiger partial charge in [-0.1, -0.05) is 11.3 Å². The fourth-order valence-corrected chi connectivity index (χ4v) is 0.218. The summed E-state index contributed by atoms with van der Waals surface area (Å²) in [5.74, 6) is 0. The Balaban J connectivity index is 3.71. The fourth-order valence-electron chi connectivity index (χ4n) is 0.218. The first kappa shape index (κ1) is 8.14. The van der Waals surface area contributed by atoms with Gasteiger partial charge in [0.05, 0.1) is 5.70 Å². The molecule has 0 aromatic rings. The highest BCUT2D eigenvalue weighted by Crippen LogP contribution is 1.94. The molecule has 0 saturated heterocycles. The zero-order valence-corrected chi connectivity index (χ0v) is 6.42. The third-order valence-corrected chi connectivity index (χ3v) is 0.799. The molecule has 0 saturated carbocycles. The standard InChI is InChI=1S/C6H13N3/c1-5-6(2)7-8-9(3)4/h5H,1-4H3/b6-5+,8-7-. The molecule has 0 aliphatic carbocycles. The third kappa shape index (κ3) is 5.00. The van der Waals surface area contributed by atoms with Gasteiger partial charge >= 0.3 is 0 Å². The highest BCUT2D eigenvalue weighted by molar-refractivity contribution is 4.90. The van der Waals surface area contributed by atoms with E-state index >= 15 is 0 Å². The minimum Gasteiger partial charge on any atom is -0.285 e. The molecule has 0 bridgehead atoms. The van der Waals surface area contributed by atoms with Gasteiger partial charge in [-0.2, -0.15) is 0 Å². The van der Waals surface area contributed by atoms with Crippen LogP contribution in [-0.2, 0) is 0 Å². The molecule has 0 aromatic heterocycles. The van der Waals surface area contributed by atoms with Gasteiger partial charge in [0.15, 0.2) is 0 Å². The van der Waals surface area contributed by atoms with Gasteiger partial charge in [0.1, 0.15) is 0 Å². The average molecular weight is 127 g/mol. The molecule has 0 fully saturated rings. The van der Waals surface area contributed by atoms with Crippen molar-refractivity contribution in [3.05, 3.63) is 11.8 Å². The smallest absolute Gasteiger partial charge is 0.0574 e. The first-order chi connectivity index (χ1) is 4.16. The lowest BCUT2D eigenvalue weighted by Gasteiger charge is -1.98. The summed E-state index contributed by atoms with van der Waals surface area (Å²) in [5, 5.41) is 9.30. The van der Waals surface area contributed by atoms with E-state index in [2.05, 4.69) is 10.3 Å². The summed E-state index contributed by atoms with van der Waals surface area (Å²) in [4.78, 5) is 0. The van der Waals surface area contributed by atoms with Crippen LogP contribution in [0.5, 0.6) is 0 Å². The van der Waals surface area contributed by atoms with Crippen molar-refractivity contribution in [2.75, 3.05) is 14.1 Å². The van der Waals surface area contributed by atoms with Crippen LogP contribution in [0.2, 0.25) is 0 Å². The van der Waals surface area contributed by atoms with Gasteiger partial charge in [0, 0.05) is 14.1 Å². The van der Waals surface area contributed by atoms with Crippen LogP contribution in [0.15, 0.2) is 22.1 Å². The summed E-state index contributed by atoms with van der Waals surface area (Å²) in [6, 6.07) is 0. The monoisotopic (exact) mass is 127 g/mol. The topological polar surface area (TPSA) is 28.0 Å². The molecule has 0 unspecified atom stereocenters. The van der Waals surface area contributed by atoms with E-state index in [9.17, 15) is 0 Å². The van der Waals surface area contributed by atoms with Crippen LogP contribution >= 0.6 is 0 Å². The van der Waals surface area contributed by atoms with E-state index in [0.29, 0.717) is 0 Å². The SMILES string of the molecule is C/C=C(C)/N=N\N(C)C. The van der Waals surface area contributed by atoms with E-state index in [1.54, 1.807) is 5.01 Å². The molecule has 0 aromatic carbocycles. The Morgan fingerprint density at radius 1 is 1.44 bits per heavy atom. The van der Waals surface area contributed by atoms with Gasteiger partial charge in [-0.25, -0.2) is 0 Å². The van der Waals surface area contributed by atoms with E-state index in [0.717, 1.165) is 5.70 Å². The highest BCUT2D eigenvalue weighted by atomic mass is 15.5. The van der Waals surface area contributed by atoms with E-state index in [-0.39, 0.29) is 0 Å². The first-order valence-electron chi connectivity index (χ1n) is 2.88. The van der Waals surface area contributed by atoms with Crippen molar-refractivity contribution in [3.63, 3.8) is 0 Å². The Labute approximate surface area is 56.1 Å². The predicted octanol–water partition coefficient (Wildman–Crippen LogP) is 1.84. The Morgan fingerprint density at radius 2 is 2.00 bits per heavy atom. The molecule has 0 spiro atoms. The molecule has 0 heterocycles. The van der Waals surface area contributed by atoms with Crippen LogP contribution in [0, 0.1) is 0 Å². The molecule has 0 atom stereocenters. The van der Waals surface area contributed by atoms with E-state index in [4.69, 9.17) is 0 Å². The van der Waals surface area contributed by atoms with E-state index in [1.165, 1.54) is 0 Å². The van der Waals surface area contributed by atoms with Crippen LogP contribution < -0.4 is 0 Å². The number of allylic oxidation sites excluding steroid dienone is 2. The van der Waals surface area contributed by atoms with Crippen molar-refractivity contribution < 1.29 is 0 Å². The van der Waals surface area contributed by atoms with Crippen molar-refractivity contribution in [2.24, 2.45) is 10.3 Å². The second kappa shape index (κ2) is 4.06. The molecule has 0 amide bonds. The molecule has 3 nitrogen and oxygen atoms in total. The summed E-state index contributed by atoms with van der Waals surface area (Å²) in [6.07, 6.45) is 1.91. The highest BCUT2D eigenvalue weighted by Gasteiger charge is 1.79. The fraction of sp³-hybridized carbons (Fsp3) is 0.667. The summed E-state index contributed by atoms with van der Waals surface area (Å²) in [6.45, 7) is 3.84. The maximum absolute atomic E-state index is 3.85. The summed E-state index contributed by atoms with van der Waals surface area (Å²) in [5.41, 5.74) is 0.934. The molecule has 0 aliphatic rings. The Morgan fingerprint density at radius 3 is 2.33 bits per heavy atom. The first-order valence-corrected chi connectivity index (χ1v) is 2.88. The summed E-state index contributed by atoms with van der Waals surface area (Å²) >= 11 is 0. The van der Waals surface area contributed by atoms with Crippen LogP contribution in [0.25, 0.3) is 0 Å². The second-order valence-corrected chi connectivity index (χ2v) is 1.97. The van der Waals surface area contributed by atoms with Gasteiger partial charge in [0.25, 0.3) is 0 Å². The Hall–Kier alpha value is -0.860. The van der Waals surface area contributed by atoms with Gasteiger partial charge in [-0.05, 0) is 13.8 Å². The molecule has 0 N–H and O–H groups in total. The largest absolute Gasteiger partial charge is 0.285 e. The summed E-state index contributed by atoms with van der Waals surface area (Å²) in [7, 11) is 3.68. The minimum atomic E-state index is 0.934. The van der Waals surface area contributed by atoms with Crippen molar-refractivity contribution >= 4 is 0 Å². The average Bonchev–Trinajstić information content (AvgIpc) is 1.83. The van der Waals surface area contributed by atoms with E-state index < -0.39 is 0 Å². The van der Waals surface area contributed by atoms with Gasteiger partial charge in [-0.3, -0.25) is 5.01 Å². The van der Waals surface area contributed by atoms with Crippen molar-refractivity contribution in [3.8, 4) is 0 Å². The molecule has 52 valence electrons. The second-order valence-electron chi connectivity index (χ2n) is 1.97. The zero-order valence-electron chi connectivity index (χ0n) is 6.42. The van der Waals surface area contributed by atoms with Crippen molar-refractivity contribution in [1.82, 2.24) is 5.01 Å². The van der Waals surface area contributed by atoms with Gasteiger partial charge in [-0.15, -0.1) is 5.11 Å². The number of hydrogen-bond donors (Lipinski definition) is 0. The van der Waals surface area contributed by atoms with Crippen molar-refractivity contribution in [2.45, 2.75) is 13.8 Å². The number of nitrogens with zero attached hydrogens (tertiary/aromatic N) is 3. The molecule has 0 rings (SSSR count). The zero-order chi connectivity index (χ0) is 7.28. The predicted molar refractivity (Wildman–Crippen MR) is 38.0 cm³/mol. The lowest BCUT2D eigenvalue weighted by molar-refractivity contribution is 0.405. The van der Waals surface area contributed by atoms with Crippen LogP contribution in [-0.4, -0.2) is 19.1 Å². The Bertz CT molecular complexity index is 124. The van der Waals surface area contributed by atoms with E-state index in [1.807, 2.05) is 34.0 Å². The van der Waals surface area contributed by atoms with Crippen LogP contribution in [0.3, 0.4) is 0 Å². The quantitative estimate of drug-likeness (QED) is 0.411. The van der Waals surface area contributed by atoms with Crippen LogP contribution in [0.1, 0.15) is 13.8 Å². The molecule has 0 aliphatic heterocycles. The molecule has 9 heavy (non-hydrogen) atoms. The Kier molecular flexibility index (Phi) is 3.67. The third-order valence-electron chi connectivity index (χ3n) is 0.799. The maximum atomic E-state index is 3.85. The number of rotatable bonds is 2. The lowest BCUT2D eigenvalue weighted by Crippen LogP contribution is -1.99. The van der Waals surface area contributed by atoms with Crippen molar-refractivity contribution in [1.29, 1.82) is 0 Å².